The molecule has 140 valence electrons. The number of anilines is 1. The van der Waals surface area contributed by atoms with E-state index in [0.29, 0.717) is 24.0 Å². The monoisotopic (exact) mass is 434 g/mol. The standard InChI is InChI=1S/C15H16Cl2N4O3S2/c1-9-3-2-6-21(8-9)26(23,24)15-20-19-14(25-15)18-13(22)11-5-4-10(16)7-12(11)17/h4-5,7,9H,2-3,6,8H2,1H3,(H,18,19,22)/t9-/m1/s1. The molecule has 1 aliphatic heterocycles. The number of nitrogens with zero attached hydrogens (tertiary/aromatic N) is 3. The Bertz CT molecular complexity index is 933. The summed E-state index contributed by atoms with van der Waals surface area (Å²) in [7, 11) is -3.70. The molecule has 7 nitrogen and oxygen atoms in total. The molecule has 1 aromatic heterocycles. The second-order valence-corrected chi connectivity index (χ2v) is 9.99. The minimum atomic E-state index is -3.70. The van der Waals surface area contributed by atoms with Crippen LogP contribution in [-0.2, 0) is 10.0 Å². The first-order chi connectivity index (χ1) is 12.3. The lowest BCUT2D eigenvalue weighted by molar-refractivity contribution is 0.102. The van der Waals surface area contributed by atoms with Gasteiger partial charge in [-0.3, -0.25) is 10.1 Å². The van der Waals surface area contributed by atoms with Gasteiger partial charge in [0.25, 0.3) is 15.9 Å². The maximum Gasteiger partial charge on any atom is 0.272 e. The Morgan fingerprint density at radius 2 is 2.12 bits per heavy atom. The van der Waals surface area contributed by atoms with Crippen molar-refractivity contribution >= 4 is 55.6 Å². The number of aromatic nitrogens is 2. The fourth-order valence-corrected chi connectivity index (χ4v) is 5.80. The Morgan fingerprint density at radius 3 is 2.81 bits per heavy atom. The number of amides is 1. The van der Waals surface area contributed by atoms with Crippen LogP contribution in [0.4, 0.5) is 5.13 Å². The third kappa shape index (κ3) is 4.17. The highest BCUT2D eigenvalue weighted by atomic mass is 35.5. The van der Waals surface area contributed by atoms with Gasteiger partial charge in [-0.05, 0) is 37.0 Å². The van der Waals surface area contributed by atoms with Crippen LogP contribution >= 0.6 is 34.5 Å². The molecular formula is C15H16Cl2N4O3S2. The number of halogens is 2. The molecule has 0 unspecified atom stereocenters. The van der Waals surface area contributed by atoms with Gasteiger partial charge in [-0.2, -0.15) is 4.31 Å². The number of benzene rings is 1. The molecule has 1 saturated heterocycles. The van der Waals surface area contributed by atoms with E-state index >= 15 is 0 Å². The van der Waals surface area contributed by atoms with E-state index in [-0.39, 0.29) is 20.1 Å². The van der Waals surface area contributed by atoms with E-state index in [1.165, 1.54) is 22.5 Å². The van der Waals surface area contributed by atoms with Gasteiger partial charge >= 0.3 is 0 Å². The number of nitrogens with one attached hydrogen (secondary N) is 1. The van der Waals surface area contributed by atoms with Crippen molar-refractivity contribution in [2.45, 2.75) is 24.1 Å². The van der Waals surface area contributed by atoms with E-state index in [1.54, 1.807) is 0 Å². The molecule has 0 saturated carbocycles. The number of rotatable bonds is 4. The average molecular weight is 435 g/mol. The lowest BCUT2D eigenvalue weighted by atomic mass is 10.0. The highest BCUT2D eigenvalue weighted by Gasteiger charge is 2.32. The van der Waals surface area contributed by atoms with Crippen LogP contribution in [0.1, 0.15) is 30.1 Å². The minimum absolute atomic E-state index is 0.0876. The molecule has 1 aliphatic rings. The molecule has 1 atom stereocenters. The second kappa shape index (κ2) is 7.77. The third-order valence-corrected chi connectivity index (χ3v) is 7.58. The van der Waals surface area contributed by atoms with Gasteiger partial charge < -0.3 is 0 Å². The number of carbonyl (C=O) groups is 1. The van der Waals surface area contributed by atoms with E-state index in [4.69, 9.17) is 23.2 Å². The van der Waals surface area contributed by atoms with Crippen molar-refractivity contribution in [3.63, 3.8) is 0 Å². The van der Waals surface area contributed by atoms with Crippen LogP contribution in [0.15, 0.2) is 22.5 Å². The second-order valence-electron chi connectivity index (χ2n) is 6.06. The third-order valence-electron chi connectivity index (χ3n) is 3.98. The topological polar surface area (TPSA) is 92.3 Å². The maximum absolute atomic E-state index is 12.7. The number of piperidine rings is 1. The van der Waals surface area contributed by atoms with E-state index in [2.05, 4.69) is 15.5 Å². The van der Waals surface area contributed by atoms with Gasteiger partial charge in [0.2, 0.25) is 9.47 Å². The van der Waals surface area contributed by atoms with Gasteiger partial charge in [0, 0.05) is 18.1 Å². The molecule has 2 aromatic rings. The maximum atomic E-state index is 12.7. The summed E-state index contributed by atoms with van der Waals surface area (Å²) in [5.74, 6) is -0.212. The SMILES string of the molecule is C[C@@H]1CCCN(S(=O)(=O)c2nnc(NC(=O)c3ccc(Cl)cc3Cl)s2)C1. The van der Waals surface area contributed by atoms with E-state index in [9.17, 15) is 13.2 Å². The normalized spacial score (nSPS) is 18.7. The van der Waals surface area contributed by atoms with Crippen molar-refractivity contribution in [3.05, 3.63) is 33.8 Å². The molecule has 0 radical (unpaired) electrons. The molecule has 0 aliphatic carbocycles. The summed E-state index contributed by atoms with van der Waals surface area (Å²) in [6.07, 6.45) is 1.82. The number of hydrogen-bond acceptors (Lipinski definition) is 6. The van der Waals surface area contributed by atoms with Crippen molar-refractivity contribution in [1.82, 2.24) is 14.5 Å². The van der Waals surface area contributed by atoms with Crippen LogP contribution in [0.25, 0.3) is 0 Å². The van der Waals surface area contributed by atoms with Gasteiger partial charge in [0.15, 0.2) is 0 Å². The van der Waals surface area contributed by atoms with Gasteiger partial charge in [-0.25, -0.2) is 8.42 Å². The largest absolute Gasteiger partial charge is 0.296 e. The van der Waals surface area contributed by atoms with E-state index in [0.717, 1.165) is 24.2 Å². The molecule has 0 spiro atoms. The van der Waals surface area contributed by atoms with Crippen LogP contribution in [0.3, 0.4) is 0 Å². The average Bonchev–Trinajstić information content (AvgIpc) is 3.04. The summed E-state index contributed by atoms with van der Waals surface area (Å²) >= 11 is 12.6. The van der Waals surface area contributed by atoms with Gasteiger partial charge in [-0.15, -0.1) is 10.2 Å². The van der Waals surface area contributed by atoms with Gasteiger partial charge in [0.05, 0.1) is 10.6 Å². The lowest BCUT2D eigenvalue weighted by Crippen LogP contribution is -2.39. The summed E-state index contributed by atoms with van der Waals surface area (Å²) in [5, 5.41) is 10.7. The molecule has 2 heterocycles. The fourth-order valence-electron chi connectivity index (χ4n) is 2.68. The molecular weight excluding hydrogens is 419 g/mol. The summed E-state index contributed by atoms with van der Waals surface area (Å²) in [6, 6.07) is 4.47. The predicted octanol–water partition coefficient (Wildman–Crippen LogP) is 3.52. The Labute approximate surface area is 165 Å². The van der Waals surface area contributed by atoms with Crippen LogP contribution < -0.4 is 5.32 Å². The lowest BCUT2D eigenvalue weighted by Gasteiger charge is -2.28. The molecule has 0 bridgehead atoms. The molecule has 1 N–H and O–H groups in total. The molecule has 26 heavy (non-hydrogen) atoms. The first-order valence-electron chi connectivity index (χ1n) is 7.87. The fraction of sp³-hybridized carbons (Fsp3) is 0.400. The van der Waals surface area contributed by atoms with E-state index in [1.807, 2.05) is 6.92 Å². The Balaban J connectivity index is 1.76. The molecule has 1 aromatic carbocycles. The predicted molar refractivity (Wildman–Crippen MR) is 101 cm³/mol. The summed E-state index contributed by atoms with van der Waals surface area (Å²) < 4.78 is 26.6. The van der Waals surface area contributed by atoms with Crippen LogP contribution in [-0.4, -0.2) is 41.9 Å². The van der Waals surface area contributed by atoms with Crippen LogP contribution in [0.5, 0.6) is 0 Å². The summed E-state index contributed by atoms with van der Waals surface area (Å²) in [6.45, 7) is 2.95. The summed E-state index contributed by atoms with van der Waals surface area (Å²) in [5.41, 5.74) is 0.209. The molecule has 3 rings (SSSR count). The van der Waals surface area contributed by atoms with Crippen LogP contribution in [0.2, 0.25) is 10.0 Å². The minimum Gasteiger partial charge on any atom is -0.296 e. The zero-order valence-corrected chi connectivity index (χ0v) is 16.9. The van der Waals surface area contributed by atoms with Gasteiger partial charge in [-0.1, -0.05) is 41.5 Å². The van der Waals surface area contributed by atoms with Crippen molar-refractivity contribution in [2.24, 2.45) is 5.92 Å². The smallest absolute Gasteiger partial charge is 0.272 e. The zero-order valence-electron chi connectivity index (χ0n) is 13.8. The number of sulfonamides is 1. The molecule has 11 heteroatoms. The zero-order chi connectivity index (χ0) is 18.9. The highest BCUT2D eigenvalue weighted by molar-refractivity contribution is 7.91. The first-order valence-corrected chi connectivity index (χ1v) is 10.9. The highest BCUT2D eigenvalue weighted by Crippen LogP contribution is 2.28. The van der Waals surface area contributed by atoms with Crippen molar-refractivity contribution < 1.29 is 13.2 Å². The van der Waals surface area contributed by atoms with Crippen molar-refractivity contribution in [2.75, 3.05) is 18.4 Å². The quantitative estimate of drug-likeness (QED) is 0.742. The molecule has 1 fully saturated rings. The first kappa shape index (κ1) is 19.5. The van der Waals surface area contributed by atoms with Crippen LogP contribution in [0, 0.1) is 5.92 Å². The summed E-state index contributed by atoms with van der Waals surface area (Å²) in [4.78, 5) is 12.3. The Kier molecular flexibility index (Phi) is 5.83. The number of hydrogen-bond donors (Lipinski definition) is 1. The van der Waals surface area contributed by atoms with Gasteiger partial charge in [0.1, 0.15) is 0 Å². The van der Waals surface area contributed by atoms with Crippen molar-refractivity contribution in [3.8, 4) is 0 Å². The van der Waals surface area contributed by atoms with Crippen molar-refractivity contribution in [1.29, 1.82) is 0 Å². The van der Waals surface area contributed by atoms with E-state index < -0.39 is 15.9 Å². The number of carbonyl (C=O) groups excluding carboxylic acids is 1. The molecule has 1 amide bonds. The Hall–Kier alpha value is -1.26. The Morgan fingerprint density at radius 1 is 1.35 bits per heavy atom.